The highest BCUT2D eigenvalue weighted by Gasteiger charge is 2.06. The van der Waals surface area contributed by atoms with Crippen molar-refractivity contribution in [2.75, 3.05) is 11.1 Å². The number of nitrogens with two attached hydrogens (primary N) is 1. The van der Waals surface area contributed by atoms with Gasteiger partial charge in [0.1, 0.15) is 0 Å². The molecule has 18 heavy (non-hydrogen) atoms. The van der Waals surface area contributed by atoms with Gasteiger partial charge >= 0.3 is 0 Å². The number of nitrogen functional groups attached to an aromatic ring is 1. The highest BCUT2D eigenvalue weighted by atomic mass is 14.9. The molecule has 0 heterocycles. The monoisotopic (exact) mass is 240 g/mol. The Morgan fingerprint density at radius 2 is 1.89 bits per heavy atom. The molecule has 2 aromatic rings. The first-order valence-corrected chi connectivity index (χ1v) is 6.33. The minimum atomic E-state index is 0.792. The van der Waals surface area contributed by atoms with Crippen molar-refractivity contribution < 1.29 is 0 Å². The molecule has 2 heteroatoms. The first kappa shape index (κ1) is 12.5. The second-order valence-corrected chi connectivity index (χ2v) is 4.68. The summed E-state index contributed by atoms with van der Waals surface area (Å²) in [5.41, 5.74) is 12.7. The van der Waals surface area contributed by atoms with E-state index in [9.17, 15) is 0 Å². The average molecular weight is 240 g/mol. The van der Waals surface area contributed by atoms with E-state index >= 15 is 0 Å². The summed E-state index contributed by atoms with van der Waals surface area (Å²) in [6.07, 6.45) is 1.01. The van der Waals surface area contributed by atoms with Crippen molar-refractivity contribution in [3.63, 3.8) is 0 Å². The second kappa shape index (κ2) is 5.13. The average Bonchev–Trinajstić information content (AvgIpc) is 2.34. The van der Waals surface area contributed by atoms with Gasteiger partial charge in [0.15, 0.2) is 0 Å². The van der Waals surface area contributed by atoms with E-state index in [1.807, 2.05) is 19.1 Å². The first-order chi connectivity index (χ1) is 8.61. The zero-order valence-electron chi connectivity index (χ0n) is 11.2. The summed E-state index contributed by atoms with van der Waals surface area (Å²) >= 11 is 0. The number of benzene rings is 2. The third-order valence-electron chi connectivity index (χ3n) is 3.21. The van der Waals surface area contributed by atoms with E-state index in [0.29, 0.717) is 0 Å². The summed E-state index contributed by atoms with van der Waals surface area (Å²) < 4.78 is 0. The van der Waals surface area contributed by atoms with Gasteiger partial charge < -0.3 is 11.1 Å². The Morgan fingerprint density at radius 3 is 2.56 bits per heavy atom. The minimum absolute atomic E-state index is 0.792. The van der Waals surface area contributed by atoms with Crippen LogP contribution in [0, 0.1) is 13.8 Å². The number of nitrogens with one attached hydrogen (secondary N) is 1. The van der Waals surface area contributed by atoms with Crippen LogP contribution in [0.4, 0.5) is 17.1 Å². The van der Waals surface area contributed by atoms with E-state index < -0.39 is 0 Å². The van der Waals surface area contributed by atoms with Gasteiger partial charge in [0, 0.05) is 5.69 Å². The van der Waals surface area contributed by atoms with E-state index in [2.05, 4.69) is 43.4 Å². The largest absolute Gasteiger partial charge is 0.397 e. The maximum absolute atomic E-state index is 6.05. The standard InChI is InChI=1S/C16H20N2/c1-4-13-7-5-6-12(3)16(13)18-15-9-8-11(2)10-14(15)17/h5-10,18H,4,17H2,1-3H3. The third-order valence-corrected chi connectivity index (χ3v) is 3.21. The second-order valence-electron chi connectivity index (χ2n) is 4.68. The molecule has 0 aliphatic heterocycles. The summed E-state index contributed by atoms with van der Waals surface area (Å²) in [7, 11) is 0. The molecule has 0 unspecified atom stereocenters. The van der Waals surface area contributed by atoms with Crippen LogP contribution in [0.2, 0.25) is 0 Å². The van der Waals surface area contributed by atoms with Gasteiger partial charge in [0.25, 0.3) is 0 Å². The number of rotatable bonds is 3. The molecule has 0 amide bonds. The number of para-hydroxylation sites is 1. The number of anilines is 3. The molecule has 0 aromatic heterocycles. The van der Waals surface area contributed by atoms with Gasteiger partial charge in [0.2, 0.25) is 0 Å². The normalized spacial score (nSPS) is 10.4. The molecule has 3 N–H and O–H groups in total. The molecule has 0 atom stereocenters. The van der Waals surface area contributed by atoms with Crippen molar-refractivity contribution in [3.05, 3.63) is 53.1 Å². The molecule has 2 nitrogen and oxygen atoms in total. The van der Waals surface area contributed by atoms with Crippen LogP contribution in [0.25, 0.3) is 0 Å². The summed E-state index contributed by atoms with van der Waals surface area (Å²) in [6.45, 7) is 6.33. The zero-order chi connectivity index (χ0) is 13.1. The lowest BCUT2D eigenvalue weighted by atomic mass is 10.1. The van der Waals surface area contributed by atoms with Crippen LogP contribution in [0.15, 0.2) is 36.4 Å². The zero-order valence-corrected chi connectivity index (χ0v) is 11.2. The minimum Gasteiger partial charge on any atom is -0.397 e. The van der Waals surface area contributed by atoms with Crippen LogP contribution >= 0.6 is 0 Å². The Kier molecular flexibility index (Phi) is 3.56. The molecular formula is C16H20N2. The van der Waals surface area contributed by atoms with E-state index in [1.165, 1.54) is 22.4 Å². The lowest BCUT2D eigenvalue weighted by molar-refractivity contribution is 1.13. The van der Waals surface area contributed by atoms with Gasteiger partial charge in [-0.25, -0.2) is 0 Å². The molecule has 0 bridgehead atoms. The van der Waals surface area contributed by atoms with Crippen LogP contribution in [0.3, 0.4) is 0 Å². The Morgan fingerprint density at radius 1 is 1.11 bits per heavy atom. The van der Waals surface area contributed by atoms with Gasteiger partial charge in [-0.15, -0.1) is 0 Å². The number of hydrogen-bond donors (Lipinski definition) is 2. The van der Waals surface area contributed by atoms with Gasteiger partial charge in [-0.3, -0.25) is 0 Å². The number of aryl methyl sites for hydroxylation is 3. The Hall–Kier alpha value is -1.96. The maximum atomic E-state index is 6.05. The fraction of sp³-hybridized carbons (Fsp3) is 0.250. The molecular weight excluding hydrogens is 220 g/mol. The third kappa shape index (κ3) is 2.48. The van der Waals surface area contributed by atoms with E-state index in [4.69, 9.17) is 5.73 Å². The Labute approximate surface area is 109 Å². The topological polar surface area (TPSA) is 38.0 Å². The van der Waals surface area contributed by atoms with Gasteiger partial charge in [-0.05, 0) is 49.1 Å². The smallest absolute Gasteiger partial charge is 0.0618 e. The van der Waals surface area contributed by atoms with Crippen LogP contribution < -0.4 is 11.1 Å². The summed E-state index contributed by atoms with van der Waals surface area (Å²) in [5.74, 6) is 0. The summed E-state index contributed by atoms with van der Waals surface area (Å²) in [5, 5.41) is 3.46. The van der Waals surface area contributed by atoms with Crippen molar-refractivity contribution in [3.8, 4) is 0 Å². The lowest BCUT2D eigenvalue weighted by Crippen LogP contribution is -2.01. The molecule has 0 saturated carbocycles. The molecule has 2 aromatic carbocycles. The fourth-order valence-electron chi connectivity index (χ4n) is 2.13. The molecule has 94 valence electrons. The molecule has 0 aliphatic rings. The van der Waals surface area contributed by atoms with E-state index in [-0.39, 0.29) is 0 Å². The first-order valence-electron chi connectivity index (χ1n) is 6.33. The molecule has 0 saturated heterocycles. The van der Waals surface area contributed by atoms with Crippen molar-refractivity contribution in [1.82, 2.24) is 0 Å². The maximum Gasteiger partial charge on any atom is 0.0618 e. The van der Waals surface area contributed by atoms with E-state index in [1.54, 1.807) is 0 Å². The van der Waals surface area contributed by atoms with Gasteiger partial charge in [-0.1, -0.05) is 31.2 Å². The van der Waals surface area contributed by atoms with E-state index in [0.717, 1.165) is 17.8 Å². The van der Waals surface area contributed by atoms with Crippen molar-refractivity contribution >= 4 is 17.1 Å². The predicted octanol–water partition coefficient (Wildman–Crippen LogP) is 4.19. The van der Waals surface area contributed by atoms with Crippen molar-refractivity contribution in [1.29, 1.82) is 0 Å². The van der Waals surface area contributed by atoms with Crippen LogP contribution in [0.5, 0.6) is 0 Å². The van der Waals surface area contributed by atoms with Crippen molar-refractivity contribution in [2.24, 2.45) is 0 Å². The van der Waals surface area contributed by atoms with Crippen LogP contribution in [0.1, 0.15) is 23.6 Å². The van der Waals surface area contributed by atoms with Crippen LogP contribution in [-0.4, -0.2) is 0 Å². The lowest BCUT2D eigenvalue weighted by Gasteiger charge is -2.15. The summed E-state index contributed by atoms with van der Waals surface area (Å²) in [6, 6.07) is 12.5. The van der Waals surface area contributed by atoms with Crippen molar-refractivity contribution in [2.45, 2.75) is 27.2 Å². The summed E-state index contributed by atoms with van der Waals surface area (Å²) in [4.78, 5) is 0. The predicted molar refractivity (Wildman–Crippen MR) is 79.4 cm³/mol. The SMILES string of the molecule is CCc1cccc(C)c1Nc1ccc(C)cc1N. The Bertz CT molecular complexity index is 559. The molecule has 0 fully saturated rings. The van der Waals surface area contributed by atoms with Crippen LogP contribution in [-0.2, 0) is 6.42 Å². The molecule has 2 rings (SSSR count). The Balaban J connectivity index is 2.39. The fourth-order valence-corrected chi connectivity index (χ4v) is 2.13. The number of hydrogen-bond acceptors (Lipinski definition) is 2. The highest BCUT2D eigenvalue weighted by Crippen LogP contribution is 2.28. The highest BCUT2D eigenvalue weighted by molar-refractivity contribution is 5.76. The molecule has 0 spiro atoms. The molecule has 0 radical (unpaired) electrons. The molecule has 0 aliphatic carbocycles. The van der Waals surface area contributed by atoms with Gasteiger partial charge in [-0.2, -0.15) is 0 Å². The quantitative estimate of drug-likeness (QED) is 0.789. The van der Waals surface area contributed by atoms with Gasteiger partial charge in [0.05, 0.1) is 11.4 Å².